The van der Waals surface area contributed by atoms with Crippen LogP contribution in [0, 0.1) is 0 Å². The topological polar surface area (TPSA) is 75.7 Å². The largest absolute Gasteiger partial charge is 0.496 e. The summed E-state index contributed by atoms with van der Waals surface area (Å²) in [7, 11) is -0.746. The summed E-state index contributed by atoms with van der Waals surface area (Å²) < 4.78 is 32.6. The molecule has 3 aromatic carbocycles. The zero-order valence-corrected chi connectivity index (χ0v) is 21.1. The summed E-state index contributed by atoms with van der Waals surface area (Å²) in [5.74, 6) is 0.291. The third kappa shape index (κ3) is 6.59. The number of nitrogens with zero attached hydrogens (tertiary/aromatic N) is 1. The quantitative estimate of drug-likeness (QED) is 0.428. The van der Waals surface area contributed by atoms with Crippen molar-refractivity contribution in [2.75, 3.05) is 14.2 Å². The van der Waals surface area contributed by atoms with Crippen LogP contribution in [0.4, 0.5) is 0 Å². The molecule has 0 fully saturated rings. The molecule has 180 valence electrons. The van der Waals surface area contributed by atoms with Gasteiger partial charge in [0.1, 0.15) is 5.75 Å². The van der Waals surface area contributed by atoms with Gasteiger partial charge in [-0.1, -0.05) is 41.9 Å². The number of hydrogen-bond donors (Lipinski definition) is 1. The predicted molar refractivity (Wildman–Crippen MR) is 135 cm³/mol. The van der Waals surface area contributed by atoms with Gasteiger partial charge in [0.05, 0.1) is 12.0 Å². The van der Waals surface area contributed by atoms with Gasteiger partial charge < -0.3 is 10.1 Å². The first-order valence-electron chi connectivity index (χ1n) is 10.9. The van der Waals surface area contributed by atoms with Gasteiger partial charge in [-0.05, 0) is 67.8 Å². The molecule has 6 nitrogen and oxygen atoms in total. The van der Waals surface area contributed by atoms with Crippen molar-refractivity contribution in [3.05, 3.63) is 94.5 Å². The van der Waals surface area contributed by atoms with Crippen LogP contribution in [-0.2, 0) is 23.0 Å². The molecule has 0 aliphatic heterocycles. The van der Waals surface area contributed by atoms with Crippen molar-refractivity contribution in [2.45, 2.75) is 37.2 Å². The van der Waals surface area contributed by atoms with E-state index in [2.05, 4.69) is 17.4 Å². The zero-order valence-electron chi connectivity index (χ0n) is 19.5. The van der Waals surface area contributed by atoms with Gasteiger partial charge in [0, 0.05) is 35.8 Å². The van der Waals surface area contributed by atoms with Crippen LogP contribution in [0.25, 0.3) is 0 Å². The summed E-state index contributed by atoms with van der Waals surface area (Å²) in [5.41, 5.74) is 2.26. The Morgan fingerprint density at radius 3 is 2.38 bits per heavy atom. The van der Waals surface area contributed by atoms with Crippen LogP contribution in [0.5, 0.6) is 5.75 Å². The highest BCUT2D eigenvalue weighted by Crippen LogP contribution is 2.25. The summed E-state index contributed by atoms with van der Waals surface area (Å²) in [6, 6.07) is 21.1. The van der Waals surface area contributed by atoms with E-state index in [1.807, 2.05) is 25.1 Å². The fraction of sp³-hybridized carbons (Fsp3) is 0.269. The summed E-state index contributed by atoms with van der Waals surface area (Å²) >= 11 is 5.88. The first-order valence-corrected chi connectivity index (χ1v) is 12.8. The maximum Gasteiger partial charge on any atom is 0.251 e. The van der Waals surface area contributed by atoms with Gasteiger partial charge in [-0.3, -0.25) is 4.79 Å². The minimum Gasteiger partial charge on any atom is -0.496 e. The number of rotatable bonds is 10. The third-order valence-corrected chi connectivity index (χ3v) is 7.61. The molecule has 0 aliphatic rings. The van der Waals surface area contributed by atoms with Crippen molar-refractivity contribution in [2.24, 2.45) is 0 Å². The van der Waals surface area contributed by atoms with Gasteiger partial charge >= 0.3 is 0 Å². The van der Waals surface area contributed by atoms with Crippen LogP contribution in [0.1, 0.15) is 34.8 Å². The monoisotopic (exact) mass is 500 g/mol. The molecule has 3 aromatic rings. The van der Waals surface area contributed by atoms with Gasteiger partial charge in [0.2, 0.25) is 10.0 Å². The lowest BCUT2D eigenvalue weighted by Gasteiger charge is -2.20. The van der Waals surface area contributed by atoms with Crippen molar-refractivity contribution in [1.82, 2.24) is 9.62 Å². The van der Waals surface area contributed by atoms with E-state index in [4.69, 9.17) is 16.3 Å². The van der Waals surface area contributed by atoms with E-state index in [-0.39, 0.29) is 23.4 Å². The molecule has 0 heterocycles. The van der Waals surface area contributed by atoms with Crippen molar-refractivity contribution in [1.29, 1.82) is 0 Å². The lowest BCUT2D eigenvalue weighted by Crippen LogP contribution is -2.33. The fourth-order valence-corrected chi connectivity index (χ4v) is 4.84. The Labute approximate surface area is 206 Å². The summed E-state index contributed by atoms with van der Waals surface area (Å²) in [4.78, 5) is 13.0. The highest BCUT2D eigenvalue weighted by Gasteiger charge is 2.23. The van der Waals surface area contributed by atoms with E-state index in [1.165, 1.54) is 48.3 Å². The number of ether oxygens (including phenoxy) is 1. The molecule has 1 amide bonds. The van der Waals surface area contributed by atoms with Crippen LogP contribution in [-0.4, -0.2) is 38.8 Å². The molecular weight excluding hydrogens is 472 g/mol. The van der Waals surface area contributed by atoms with E-state index in [9.17, 15) is 13.2 Å². The Balaban J connectivity index is 1.70. The van der Waals surface area contributed by atoms with E-state index in [0.717, 1.165) is 12.8 Å². The maximum atomic E-state index is 13.0. The molecule has 0 aliphatic carbocycles. The van der Waals surface area contributed by atoms with Crippen LogP contribution in [0.15, 0.2) is 77.7 Å². The molecule has 1 N–H and O–H groups in total. The molecule has 3 rings (SSSR count). The van der Waals surface area contributed by atoms with E-state index in [1.54, 1.807) is 18.2 Å². The molecule has 0 unspecified atom stereocenters. The molecular formula is C26H29ClN2O4S. The number of nitrogens with one attached hydrogen (secondary N) is 1. The summed E-state index contributed by atoms with van der Waals surface area (Å²) in [5, 5.41) is 3.48. The molecule has 0 aromatic heterocycles. The van der Waals surface area contributed by atoms with Gasteiger partial charge in [-0.2, -0.15) is 4.31 Å². The van der Waals surface area contributed by atoms with Crippen molar-refractivity contribution in [3.63, 3.8) is 0 Å². The van der Waals surface area contributed by atoms with Gasteiger partial charge in [0.25, 0.3) is 5.91 Å². The standard InChI is InChI=1S/C26H29ClN2O4S/c1-19(9-10-20-7-5-4-6-8-20)28-26(30)21-11-16-25(33-3)22(17-21)18-29(2)34(31,32)24-14-12-23(27)13-15-24/h4-8,11-17,19H,9-10,18H2,1-3H3,(H,28,30)/t19-/m1/s1. The molecule has 34 heavy (non-hydrogen) atoms. The second-order valence-electron chi connectivity index (χ2n) is 8.14. The van der Waals surface area contributed by atoms with Gasteiger partial charge in [0.15, 0.2) is 0 Å². The second kappa shape index (κ2) is 11.5. The van der Waals surface area contributed by atoms with Crippen LogP contribution in [0.3, 0.4) is 0 Å². The predicted octanol–water partition coefficient (Wildman–Crippen LogP) is 4.92. The van der Waals surface area contributed by atoms with Gasteiger partial charge in [-0.15, -0.1) is 0 Å². The maximum absolute atomic E-state index is 13.0. The first kappa shape index (κ1) is 25.7. The smallest absolute Gasteiger partial charge is 0.251 e. The Morgan fingerprint density at radius 1 is 1.06 bits per heavy atom. The number of hydrogen-bond acceptors (Lipinski definition) is 4. The van der Waals surface area contributed by atoms with Crippen LogP contribution < -0.4 is 10.1 Å². The van der Waals surface area contributed by atoms with Crippen molar-refractivity contribution in [3.8, 4) is 5.75 Å². The molecule has 0 spiro atoms. The second-order valence-corrected chi connectivity index (χ2v) is 10.6. The average molecular weight is 501 g/mol. The number of carbonyl (C=O) groups is 1. The molecule has 8 heteroatoms. The number of carbonyl (C=O) groups excluding carboxylic acids is 1. The van der Waals surface area contributed by atoms with Crippen LogP contribution >= 0.6 is 11.6 Å². The Hall–Kier alpha value is -2.87. The summed E-state index contributed by atoms with van der Waals surface area (Å²) in [6.45, 7) is 2.01. The van der Waals surface area contributed by atoms with Crippen molar-refractivity contribution < 1.29 is 17.9 Å². The van der Waals surface area contributed by atoms with Crippen LogP contribution in [0.2, 0.25) is 5.02 Å². The minimum atomic E-state index is -3.75. The van der Waals surface area contributed by atoms with E-state index < -0.39 is 10.0 Å². The zero-order chi connectivity index (χ0) is 24.7. The number of halogens is 1. The molecule has 0 radical (unpaired) electrons. The molecule has 0 bridgehead atoms. The van der Waals surface area contributed by atoms with Gasteiger partial charge in [-0.25, -0.2) is 8.42 Å². The highest BCUT2D eigenvalue weighted by atomic mass is 35.5. The highest BCUT2D eigenvalue weighted by molar-refractivity contribution is 7.89. The first-order chi connectivity index (χ1) is 16.2. The Bertz CT molecular complexity index is 1220. The lowest BCUT2D eigenvalue weighted by atomic mass is 10.1. The Morgan fingerprint density at radius 2 is 1.74 bits per heavy atom. The SMILES string of the molecule is COc1ccc(C(=O)N[C@H](C)CCc2ccccc2)cc1CN(C)S(=O)(=O)c1ccc(Cl)cc1. The normalized spacial score (nSPS) is 12.4. The molecule has 0 saturated heterocycles. The average Bonchev–Trinajstić information content (AvgIpc) is 2.83. The molecule has 0 saturated carbocycles. The number of sulfonamides is 1. The number of aryl methyl sites for hydroxylation is 1. The number of amides is 1. The third-order valence-electron chi connectivity index (χ3n) is 5.54. The number of benzene rings is 3. The number of methoxy groups -OCH3 is 1. The lowest BCUT2D eigenvalue weighted by molar-refractivity contribution is 0.0938. The summed E-state index contributed by atoms with van der Waals surface area (Å²) in [6.07, 6.45) is 1.67. The minimum absolute atomic E-state index is 0.0220. The van der Waals surface area contributed by atoms with Crippen molar-refractivity contribution >= 4 is 27.5 Å². The van der Waals surface area contributed by atoms with E-state index in [0.29, 0.717) is 21.9 Å². The molecule has 1 atom stereocenters. The fourth-order valence-electron chi connectivity index (χ4n) is 3.56. The van der Waals surface area contributed by atoms with E-state index >= 15 is 0 Å². The Kier molecular flexibility index (Phi) is 8.72.